The maximum absolute atomic E-state index is 12.1. The molecule has 2 heterocycles. The molecule has 1 aliphatic heterocycles. The summed E-state index contributed by atoms with van der Waals surface area (Å²) in [6.07, 6.45) is 0.467. The summed E-state index contributed by atoms with van der Waals surface area (Å²) in [5.41, 5.74) is 4.00. The number of aliphatic hydroxyl groups is 1. The van der Waals surface area contributed by atoms with E-state index in [0.29, 0.717) is 30.9 Å². The van der Waals surface area contributed by atoms with Crippen LogP contribution in [0.3, 0.4) is 0 Å². The first kappa shape index (κ1) is 27.0. The Morgan fingerprint density at radius 1 is 0.795 bits per heavy atom. The van der Waals surface area contributed by atoms with Crippen LogP contribution in [0.2, 0.25) is 0 Å². The summed E-state index contributed by atoms with van der Waals surface area (Å²) in [6.45, 7) is 4.82. The lowest BCUT2D eigenvalue weighted by molar-refractivity contribution is -0.250. The standard InChI is InChI=1S/C32H34N2O5/c1-3-28-29(36-20-24-13-7-4-8-14-24)30(37-21-25-15-9-5-10-16-25)32(35,39-28)27-19-33-31(34-23(27)2)38-22-26-17-11-6-12-18-26/h4-19,28-30,35H,3,20-22H2,1-2H3/t28-,29?,30+,32+/m1/s1. The first-order chi connectivity index (χ1) is 19.1. The number of hydrogen-bond donors (Lipinski definition) is 1. The van der Waals surface area contributed by atoms with E-state index in [0.717, 1.165) is 16.7 Å². The van der Waals surface area contributed by atoms with Gasteiger partial charge >= 0.3 is 6.01 Å². The van der Waals surface area contributed by atoms with Crippen molar-refractivity contribution in [1.82, 2.24) is 9.97 Å². The lowest BCUT2D eigenvalue weighted by atomic mass is 9.96. The van der Waals surface area contributed by atoms with Gasteiger partial charge in [-0.15, -0.1) is 0 Å². The highest BCUT2D eigenvalue weighted by atomic mass is 16.7. The molecule has 0 radical (unpaired) electrons. The molecule has 7 heteroatoms. The Labute approximate surface area is 229 Å². The molecule has 7 nitrogen and oxygen atoms in total. The quantitative estimate of drug-likeness (QED) is 0.277. The molecule has 3 aromatic carbocycles. The summed E-state index contributed by atoms with van der Waals surface area (Å²) in [7, 11) is 0. The summed E-state index contributed by atoms with van der Waals surface area (Å²) in [4.78, 5) is 8.93. The topological polar surface area (TPSA) is 82.9 Å². The Morgan fingerprint density at radius 2 is 1.33 bits per heavy atom. The van der Waals surface area contributed by atoms with Crippen molar-refractivity contribution in [2.75, 3.05) is 0 Å². The molecule has 1 saturated heterocycles. The predicted molar refractivity (Wildman–Crippen MR) is 147 cm³/mol. The van der Waals surface area contributed by atoms with E-state index in [1.54, 1.807) is 13.1 Å². The highest BCUT2D eigenvalue weighted by Crippen LogP contribution is 2.43. The number of benzene rings is 3. The molecule has 4 aromatic rings. The van der Waals surface area contributed by atoms with Gasteiger partial charge in [0.05, 0.1) is 30.6 Å². The van der Waals surface area contributed by atoms with E-state index in [-0.39, 0.29) is 12.6 Å². The van der Waals surface area contributed by atoms with E-state index >= 15 is 0 Å². The molecule has 1 N–H and O–H groups in total. The van der Waals surface area contributed by atoms with Crippen LogP contribution in [0, 0.1) is 6.92 Å². The number of nitrogens with zero attached hydrogens (tertiary/aromatic N) is 2. The fraction of sp³-hybridized carbons (Fsp3) is 0.312. The summed E-state index contributed by atoms with van der Waals surface area (Å²) < 4.78 is 24.9. The lowest BCUT2D eigenvalue weighted by Gasteiger charge is -2.31. The minimum absolute atomic E-state index is 0.229. The van der Waals surface area contributed by atoms with Gasteiger partial charge in [0.1, 0.15) is 18.8 Å². The van der Waals surface area contributed by atoms with Gasteiger partial charge in [0.25, 0.3) is 0 Å². The first-order valence-electron chi connectivity index (χ1n) is 13.3. The molecule has 0 spiro atoms. The third-order valence-electron chi connectivity index (χ3n) is 6.90. The molecule has 4 atom stereocenters. The zero-order valence-corrected chi connectivity index (χ0v) is 22.3. The van der Waals surface area contributed by atoms with Gasteiger partial charge in [0, 0.05) is 6.20 Å². The van der Waals surface area contributed by atoms with Crippen LogP contribution in [-0.4, -0.2) is 33.4 Å². The van der Waals surface area contributed by atoms with Crippen molar-refractivity contribution in [3.63, 3.8) is 0 Å². The fourth-order valence-electron chi connectivity index (χ4n) is 4.83. The molecule has 39 heavy (non-hydrogen) atoms. The molecule has 5 rings (SSSR count). The second kappa shape index (κ2) is 12.5. The van der Waals surface area contributed by atoms with Crippen molar-refractivity contribution in [3.8, 4) is 6.01 Å². The Bertz CT molecular complexity index is 1320. The minimum Gasteiger partial charge on any atom is -0.459 e. The summed E-state index contributed by atoms with van der Waals surface area (Å²) in [5, 5.41) is 12.1. The number of ether oxygens (including phenoxy) is 4. The minimum atomic E-state index is -1.81. The van der Waals surface area contributed by atoms with Crippen LogP contribution in [0.15, 0.2) is 97.2 Å². The van der Waals surface area contributed by atoms with Crippen LogP contribution < -0.4 is 4.74 Å². The van der Waals surface area contributed by atoms with Crippen LogP contribution in [0.25, 0.3) is 0 Å². The molecule has 0 amide bonds. The number of rotatable bonds is 11. The molecule has 1 aromatic heterocycles. The second-order valence-electron chi connectivity index (χ2n) is 9.67. The highest BCUT2D eigenvalue weighted by Gasteiger charge is 2.57. The highest BCUT2D eigenvalue weighted by molar-refractivity contribution is 5.27. The average molecular weight is 527 g/mol. The van der Waals surface area contributed by atoms with E-state index in [1.165, 1.54) is 0 Å². The molecular formula is C32H34N2O5. The largest absolute Gasteiger partial charge is 0.459 e. The van der Waals surface area contributed by atoms with Gasteiger partial charge in [0.2, 0.25) is 5.79 Å². The van der Waals surface area contributed by atoms with Gasteiger partial charge in [-0.1, -0.05) is 97.9 Å². The fourth-order valence-corrected chi connectivity index (χ4v) is 4.83. The zero-order valence-electron chi connectivity index (χ0n) is 22.3. The van der Waals surface area contributed by atoms with Gasteiger partial charge in [0.15, 0.2) is 0 Å². The SMILES string of the molecule is CC[C@H]1O[C@@](O)(c2cnc(OCc3ccccc3)nc2C)[C@@H](OCc2ccccc2)C1OCc1ccccc1. The molecule has 0 aliphatic carbocycles. The second-order valence-corrected chi connectivity index (χ2v) is 9.67. The normalized spacial score (nSPS) is 22.6. The lowest BCUT2D eigenvalue weighted by Crippen LogP contribution is -2.44. The maximum atomic E-state index is 12.1. The van der Waals surface area contributed by atoms with Crippen LogP contribution in [-0.2, 0) is 39.8 Å². The van der Waals surface area contributed by atoms with Crippen LogP contribution in [0.4, 0.5) is 0 Å². The van der Waals surface area contributed by atoms with E-state index in [4.69, 9.17) is 18.9 Å². The van der Waals surface area contributed by atoms with Crippen molar-refractivity contribution < 1.29 is 24.1 Å². The Morgan fingerprint density at radius 3 is 1.87 bits per heavy atom. The summed E-state index contributed by atoms with van der Waals surface area (Å²) in [5.74, 6) is -1.81. The Balaban J connectivity index is 1.40. The van der Waals surface area contributed by atoms with Gasteiger partial charge in [-0.2, -0.15) is 0 Å². The number of hydrogen-bond acceptors (Lipinski definition) is 7. The van der Waals surface area contributed by atoms with Crippen molar-refractivity contribution >= 4 is 0 Å². The van der Waals surface area contributed by atoms with Crippen molar-refractivity contribution in [3.05, 3.63) is 125 Å². The monoisotopic (exact) mass is 526 g/mol. The van der Waals surface area contributed by atoms with E-state index in [2.05, 4.69) is 9.97 Å². The number of aryl methyl sites for hydroxylation is 1. The van der Waals surface area contributed by atoms with Crippen LogP contribution >= 0.6 is 0 Å². The van der Waals surface area contributed by atoms with E-state index < -0.39 is 24.1 Å². The van der Waals surface area contributed by atoms with Crippen LogP contribution in [0.1, 0.15) is 41.3 Å². The zero-order chi connectivity index (χ0) is 27.1. The average Bonchev–Trinajstić information content (AvgIpc) is 3.26. The van der Waals surface area contributed by atoms with Gasteiger partial charge in [-0.25, -0.2) is 9.97 Å². The smallest absolute Gasteiger partial charge is 0.316 e. The molecule has 1 fully saturated rings. The van der Waals surface area contributed by atoms with Gasteiger partial charge in [-0.3, -0.25) is 0 Å². The summed E-state index contributed by atoms with van der Waals surface area (Å²) in [6, 6.07) is 29.8. The third-order valence-corrected chi connectivity index (χ3v) is 6.90. The van der Waals surface area contributed by atoms with Crippen molar-refractivity contribution in [1.29, 1.82) is 0 Å². The van der Waals surface area contributed by atoms with Crippen molar-refractivity contribution in [2.45, 2.75) is 64.2 Å². The third kappa shape index (κ3) is 6.34. The molecular weight excluding hydrogens is 492 g/mol. The molecule has 0 saturated carbocycles. The van der Waals surface area contributed by atoms with Crippen LogP contribution in [0.5, 0.6) is 6.01 Å². The molecule has 1 aliphatic rings. The van der Waals surface area contributed by atoms with E-state index in [1.807, 2.05) is 97.9 Å². The molecule has 202 valence electrons. The van der Waals surface area contributed by atoms with Crippen molar-refractivity contribution in [2.24, 2.45) is 0 Å². The molecule has 1 unspecified atom stereocenters. The van der Waals surface area contributed by atoms with Gasteiger partial charge < -0.3 is 24.1 Å². The summed E-state index contributed by atoms with van der Waals surface area (Å²) >= 11 is 0. The molecule has 0 bridgehead atoms. The first-order valence-corrected chi connectivity index (χ1v) is 13.3. The Hall–Kier alpha value is -3.62. The van der Waals surface area contributed by atoms with E-state index in [9.17, 15) is 5.11 Å². The number of aromatic nitrogens is 2. The Kier molecular flexibility index (Phi) is 8.64. The predicted octanol–water partition coefficient (Wildman–Crippen LogP) is 5.49. The van der Waals surface area contributed by atoms with Gasteiger partial charge in [-0.05, 0) is 30.0 Å². The maximum Gasteiger partial charge on any atom is 0.316 e.